The molecule has 0 spiro atoms. The summed E-state index contributed by atoms with van der Waals surface area (Å²) >= 11 is 0. The van der Waals surface area contributed by atoms with Gasteiger partial charge in [0.15, 0.2) is 4.99 Å². The van der Waals surface area contributed by atoms with Gasteiger partial charge in [0.2, 0.25) is 8.03 Å². The van der Waals surface area contributed by atoms with Crippen molar-refractivity contribution in [2.75, 3.05) is 0 Å². The van der Waals surface area contributed by atoms with E-state index in [1.165, 1.54) is 41.5 Å². The Labute approximate surface area is 230 Å². The van der Waals surface area contributed by atoms with E-state index >= 15 is 0 Å². The lowest BCUT2D eigenvalue weighted by molar-refractivity contribution is -0.243. The number of ether oxygens (including phenoxy) is 3. The second-order valence-corrected chi connectivity index (χ2v) is 14.6. The third-order valence-electron chi connectivity index (χ3n) is 5.30. The Balaban J connectivity index is 2.34. The fourth-order valence-corrected chi connectivity index (χ4v) is 5.58. The van der Waals surface area contributed by atoms with Crippen molar-refractivity contribution in [2.45, 2.75) is 72.0 Å². The summed E-state index contributed by atoms with van der Waals surface area (Å²) in [6.45, 7) is 7.14. The molecule has 39 heavy (non-hydrogen) atoms. The maximum Gasteiger partial charge on any atom is 0.370 e. The van der Waals surface area contributed by atoms with E-state index in [0.717, 1.165) is 5.56 Å². The van der Waals surface area contributed by atoms with E-state index in [2.05, 4.69) is 0 Å². The molecule has 0 aliphatic heterocycles. The number of hydrogen-bond acceptors (Lipinski definition) is 9. The fourth-order valence-electron chi connectivity index (χ4n) is 3.09. The van der Waals surface area contributed by atoms with E-state index in [4.69, 9.17) is 18.7 Å². The number of carbonyl (C=O) groups is 2. The summed E-state index contributed by atoms with van der Waals surface area (Å²) in [6.07, 6.45) is -1.07. The van der Waals surface area contributed by atoms with Crippen molar-refractivity contribution < 1.29 is 45.9 Å². The lowest BCUT2D eigenvalue weighted by Gasteiger charge is -2.27. The molecule has 1 N–H and O–H groups in total. The van der Waals surface area contributed by atoms with Crippen LogP contribution in [0.5, 0.6) is 5.75 Å². The Morgan fingerprint density at radius 1 is 0.846 bits per heavy atom. The van der Waals surface area contributed by atoms with Gasteiger partial charge in [0.25, 0.3) is 10.1 Å². The topological polar surface area (TPSA) is 142 Å². The fraction of sp³-hybridized carbons (Fsp3) is 0.481. The van der Waals surface area contributed by atoms with E-state index in [1.807, 2.05) is 18.2 Å². The Morgan fingerprint density at radius 3 is 1.74 bits per heavy atom. The van der Waals surface area contributed by atoms with Gasteiger partial charge < -0.3 is 14.2 Å². The first-order chi connectivity index (χ1) is 18.0. The third-order valence-corrected chi connectivity index (χ3v) is 8.86. The molecule has 2 unspecified atom stereocenters. The SMILES string of the molecule is CC(C)(C)C(=O)OC(OC(=O)C(C)(C)C)O[PH](=O)[C@H](CC(Cc1ccccc1)Oc1ccccc1)S(=O)(=O)O. The van der Waals surface area contributed by atoms with Crippen LogP contribution < -0.4 is 4.74 Å². The van der Waals surface area contributed by atoms with Gasteiger partial charge in [-0.25, -0.2) is 0 Å². The first-order valence-corrected chi connectivity index (χ1v) is 15.2. The normalized spacial score (nSPS) is 14.8. The summed E-state index contributed by atoms with van der Waals surface area (Å²) in [5.74, 6) is -1.26. The van der Waals surface area contributed by atoms with Crippen molar-refractivity contribution in [1.29, 1.82) is 0 Å². The number of esters is 2. The zero-order chi connectivity index (χ0) is 29.4. The van der Waals surface area contributed by atoms with Gasteiger partial charge in [-0.1, -0.05) is 48.5 Å². The van der Waals surface area contributed by atoms with Crippen LogP contribution in [0.15, 0.2) is 60.7 Å². The van der Waals surface area contributed by atoms with E-state index in [9.17, 15) is 27.1 Å². The molecular formula is C27H37O10PS. The predicted molar refractivity (Wildman–Crippen MR) is 146 cm³/mol. The number of benzene rings is 2. The minimum Gasteiger partial charge on any atom is -0.490 e. The molecule has 0 aliphatic carbocycles. The Morgan fingerprint density at radius 2 is 1.31 bits per heavy atom. The van der Waals surface area contributed by atoms with Crippen molar-refractivity contribution in [1.82, 2.24) is 0 Å². The first kappa shape index (κ1) is 32.5. The molecule has 2 aromatic rings. The largest absolute Gasteiger partial charge is 0.490 e. The molecule has 10 nitrogen and oxygen atoms in total. The van der Waals surface area contributed by atoms with Crippen molar-refractivity contribution in [3.8, 4) is 5.75 Å². The maximum absolute atomic E-state index is 13.3. The highest BCUT2D eigenvalue weighted by Gasteiger charge is 2.39. The van der Waals surface area contributed by atoms with Crippen molar-refractivity contribution in [2.24, 2.45) is 10.8 Å². The van der Waals surface area contributed by atoms with Gasteiger partial charge in [-0.15, -0.1) is 0 Å². The van der Waals surface area contributed by atoms with Crippen LogP contribution in [-0.2, 0) is 44.7 Å². The zero-order valence-electron chi connectivity index (χ0n) is 22.9. The molecule has 0 heterocycles. The Kier molecular flexibility index (Phi) is 11.3. The first-order valence-electron chi connectivity index (χ1n) is 12.3. The zero-order valence-corrected chi connectivity index (χ0v) is 24.8. The van der Waals surface area contributed by atoms with E-state index < -0.39 is 64.9 Å². The van der Waals surface area contributed by atoms with Gasteiger partial charge in [0, 0.05) is 12.8 Å². The second-order valence-electron chi connectivity index (χ2n) is 11.0. The quantitative estimate of drug-likeness (QED) is 0.152. The standard InChI is InChI=1S/C27H37O10PS/c1-26(2,3)23(28)35-25(36-24(29)27(4,5)6)37-38(30)22(39(31,32)33)18-21(17-19-13-9-7-10-14-19)34-20-15-11-8-12-16-20/h7-16,21-22,25,38H,17-18H2,1-6H3,(H,31,32,33)/t21?,22-/m0/s1. The Bertz CT molecular complexity index is 1150. The van der Waals surface area contributed by atoms with Gasteiger partial charge in [-0.05, 0) is 59.2 Å². The Hall–Kier alpha value is -2.72. The van der Waals surface area contributed by atoms with Crippen molar-refractivity contribution >= 4 is 30.1 Å². The number of para-hydroxylation sites is 1. The molecule has 12 heteroatoms. The number of rotatable bonds is 12. The molecule has 0 aromatic heterocycles. The average Bonchev–Trinajstić information content (AvgIpc) is 2.81. The maximum atomic E-state index is 13.3. The molecule has 2 aromatic carbocycles. The second kappa shape index (κ2) is 13.6. The van der Waals surface area contributed by atoms with Crippen molar-refractivity contribution in [3.63, 3.8) is 0 Å². The predicted octanol–water partition coefficient (Wildman–Crippen LogP) is 5.23. The minimum absolute atomic E-state index is 0.221. The molecule has 0 radical (unpaired) electrons. The summed E-state index contributed by atoms with van der Waals surface area (Å²) < 4.78 is 69.6. The van der Waals surface area contributed by atoms with Crippen LogP contribution in [0.3, 0.4) is 0 Å². The average molecular weight is 585 g/mol. The summed E-state index contributed by atoms with van der Waals surface area (Å²) in [4.78, 5) is 23.0. The molecule has 216 valence electrons. The number of hydrogen-bond donors (Lipinski definition) is 1. The molecule has 0 fully saturated rings. The van der Waals surface area contributed by atoms with Crippen LogP contribution in [0.2, 0.25) is 0 Å². The van der Waals surface area contributed by atoms with E-state index in [1.54, 1.807) is 42.5 Å². The van der Waals surface area contributed by atoms with Crippen LogP contribution in [0, 0.1) is 10.8 Å². The molecular weight excluding hydrogens is 547 g/mol. The van der Waals surface area contributed by atoms with Crippen LogP contribution in [0.25, 0.3) is 0 Å². The summed E-state index contributed by atoms with van der Waals surface area (Å²) in [6, 6.07) is 17.7. The van der Waals surface area contributed by atoms with Gasteiger partial charge in [-0.3, -0.25) is 23.2 Å². The third kappa shape index (κ3) is 11.1. The summed E-state index contributed by atoms with van der Waals surface area (Å²) in [7, 11) is -8.72. The molecule has 0 saturated heterocycles. The minimum atomic E-state index is -4.96. The van der Waals surface area contributed by atoms with E-state index in [0.29, 0.717) is 5.75 Å². The highest BCUT2D eigenvalue weighted by molar-refractivity contribution is 7.92. The molecule has 0 aliphatic rings. The lowest BCUT2D eigenvalue weighted by Crippen LogP contribution is -2.36. The van der Waals surface area contributed by atoms with Gasteiger partial charge in [-0.2, -0.15) is 8.42 Å². The molecule has 3 atom stereocenters. The smallest absolute Gasteiger partial charge is 0.370 e. The molecule has 0 bridgehead atoms. The van der Waals surface area contributed by atoms with Crippen molar-refractivity contribution in [3.05, 3.63) is 66.2 Å². The summed E-state index contributed by atoms with van der Waals surface area (Å²) in [5, 5.41) is 0. The van der Waals surface area contributed by atoms with Crippen LogP contribution in [0.4, 0.5) is 0 Å². The van der Waals surface area contributed by atoms with Gasteiger partial charge in [0.05, 0.1) is 10.8 Å². The monoisotopic (exact) mass is 584 g/mol. The van der Waals surface area contributed by atoms with E-state index in [-0.39, 0.29) is 6.42 Å². The molecule has 0 amide bonds. The number of carbonyl (C=O) groups excluding carboxylic acids is 2. The summed E-state index contributed by atoms with van der Waals surface area (Å²) in [5.41, 5.74) is -1.28. The highest BCUT2D eigenvalue weighted by Crippen LogP contribution is 2.39. The van der Waals surface area contributed by atoms with Crippen LogP contribution >= 0.6 is 8.03 Å². The van der Waals surface area contributed by atoms with Crippen LogP contribution in [-0.4, -0.2) is 42.5 Å². The van der Waals surface area contributed by atoms with Crippen LogP contribution in [0.1, 0.15) is 53.5 Å². The molecule has 0 saturated carbocycles. The van der Waals surface area contributed by atoms with Gasteiger partial charge in [0.1, 0.15) is 11.9 Å². The lowest BCUT2D eigenvalue weighted by atomic mass is 9.97. The molecule has 2 rings (SSSR count). The highest BCUT2D eigenvalue weighted by atomic mass is 32.2. The van der Waals surface area contributed by atoms with Gasteiger partial charge >= 0.3 is 18.4 Å².